The fraction of sp³-hybridized carbons (Fsp3) is 0.588. The molecule has 2 rings (SSSR count). The molecular weight excluding hydrogens is 312 g/mol. The van der Waals surface area contributed by atoms with Gasteiger partial charge in [-0.15, -0.1) is 0 Å². The second-order valence-corrected chi connectivity index (χ2v) is 8.27. The van der Waals surface area contributed by atoms with Gasteiger partial charge < -0.3 is 5.32 Å². The Morgan fingerprint density at radius 1 is 1.26 bits per heavy atom. The summed E-state index contributed by atoms with van der Waals surface area (Å²) < 4.78 is 27.5. The van der Waals surface area contributed by atoms with Gasteiger partial charge in [0.2, 0.25) is 10.0 Å². The molecule has 23 heavy (non-hydrogen) atoms. The van der Waals surface area contributed by atoms with E-state index in [4.69, 9.17) is 0 Å². The van der Waals surface area contributed by atoms with Gasteiger partial charge >= 0.3 is 0 Å². The maximum absolute atomic E-state index is 13.0. The largest absolute Gasteiger partial charge is 0.352 e. The molecule has 1 aliphatic rings. The van der Waals surface area contributed by atoms with E-state index in [-0.39, 0.29) is 10.8 Å². The number of nitrogens with one attached hydrogen (secondary N) is 1. The Morgan fingerprint density at radius 3 is 2.43 bits per heavy atom. The maximum Gasteiger partial charge on any atom is 0.251 e. The number of rotatable bonds is 4. The Labute approximate surface area is 139 Å². The number of carbonyl (C=O) groups is 1. The Bertz CT molecular complexity index is 690. The third kappa shape index (κ3) is 3.75. The number of amides is 1. The van der Waals surface area contributed by atoms with Gasteiger partial charge in [-0.05, 0) is 62.8 Å². The van der Waals surface area contributed by atoms with Crippen molar-refractivity contribution in [3.8, 4) is 0 Å². The molecule has 5 nitrogen and oxygen atoms in total. The van der Waals surface area contributed by atoms with Crippen LogP contribution in [0.25, 0.3) is 0 Å². The standard InChI is InChI=1S/C17H26N2O3S/c1-5-18-17(20)15-10-13(3)14(4)16(11-15)23(21,22)19-8-6-12(2)7-9-19/h10-12H,5-9H2,1-4H3,(H,18,20). The maximum atomic E-state index is 13.0. The van der Waals surface area contributed by atoms with Gasteiger partial charge in [0, 0.05) is 25.2 Å². The normalized spacial score (nSPS) is 17.2. The second-order valence-electron chi connectivity index (χ2n) is 6.36. The summed E-state index contributed by atoms with van der Waals surface area (Å²) >= 11 is 0. The zero-order valence-electron chi connectivity index (χ0n) is 14.3. The number of piperidine rings is 1. The predicted octanol–water partition coefficient (Wildman–Crippen LogP) is 2.47. The van der Waals surface area contributed by atoms with Crippen LogP contribution < -0.4 is 5.32 Å². The summed E-state index contributed by atoms with van der Waals surface area (Å²) in [6.45, 7) is 9.24. The molecule has 0 aliphatic carbocycles. The number of benzene rings is 1. The highest BCUT2D eigenvalue weighted by Gasteiger charge is 2.30. The van der Waals surface area contributed by atoms with Gasteiger partial charge in [0.1, 0.15) is 0 Å². The molecule has 0 unspecified atom stereocenters. The van der Waals surface area contributed by atoms with Gasteiger partial charge in [-0.1, -0.05) is 6.92 Å². The SMILES string of the molecule is CCNC(=O)c1cc(C)c(C)c(S(=O)(=O)N2CCC(C)CC2)c1. The molecule has 1 aliphatic heterocycles. The van der Waals surface area contributed by atoms with E-state index in [2.05, 4.69) is 12.2 Å². The van der Waals surface area contributed by atoms with Gasteiger partial charge in [-0.3, -0.25) is 4.79 Å². The summed E-state index contributed by atoms with van der Waals surface area (Å²) in [5.41, 5.74) is 1.94. The van der Waals surface area contributed by atoms with Gasteiger partial charge in [0.15, 0.2) is 0 Å². The molecule has 0 spiro atoms. The van der Waals surface area contributed by atoms with E-state index in [9.17, 15) is 13.2 Å². The first-order chi connectivity index (χ1) is 10.8. The molecule has 1 fully saturated rings. The molecule has 1 N–H and O–H groups in total. The van der Waals surface area contributed by atoms with Gasteiger partial charge in [-0.25, -0.2) is 8.42 Å². The van der Waals surface area contributed by atoms with Gasteiger partial charge in [0.25, 0.3) is 5.91 Å². The number of aryl methyl sites for hydroxylation is 1. The summed E-state index contributed by atoms with van der Waals surface area (Å²) in [6, 6.07) is 3.26. The van der Waals surface area contributed by atoms with Crippen LogP contribution in [0.1, 0.15) is 48.2 Å². The van der Waals surface area contributed by atoms with Crippen molar-refractivity contribution in [3.05, 3.63) is 28.8 Å². The van der Waals surface area contributed by atoms with Gasteiger partial charge in [-0.2, -0.15) is 4.31 Å². The quantitative estimate of drug-likeness (QED) is 0.917. The van der Waals surface area contributed by atoms with Crippen LogP contribution in [0, 0.1) is 19.8 Å². The van der Waals surface area contributed by atoms with E-state index >= 15 is 0 Å². The van der Waals surface area contributed by atoms with Crippen molar-refractivity contribution in [2.24, 2.45) is 5.92 Å². The Balaban J connectivity index is 2.43. The van der Waals surface area contributed by atoms with E-state index in [1.54, 1.807) is 17.3 Å². The summed E-state index contributed by atoms with van der Waals surface area (Å²) in [7, 11) is -3.56. The van der Waals surface area contributed by atoms with Crippen molar-refractivity contribution in [2.75, 3.05) is 19.6 Å². The number of nitrogens with zero attached hydrogens (tertiary/aromatic N) is 1. The zero-order valence-corrected chi connectivity index (χ0v) is 15.2. The average molecular weight is 338 g/mol. The van der Waals surface area contributed by atoms with Crippen LogP contribution in [-0.2, 0) is 10.0 Å². The van der Waals surface area contributed by atoms with E-state index in [1.165, 1.54) is 6.07 Å². The topological polar surface area (TPSA) is 66.5 Å². The molecule has 1 saturated heterocycles. The Hall–Kier alpha value is -1.40. The lowest BCUT2D eigenvalue weighted by Crippen LogP contribution is -2.38. The summed E-state index contributed by atoms with van der Waals surface area (Å²) in [5.74, 6) is 0.324. The fourth-order valence-electron chi connectivity index (χ4n) is 2.85. The minimum Gasteiger partial charge on any atom is -0.352 e. The molecule has 0 radical (unpaired) electrons. The molecule has 6 heteroatoms. The second kappa shape index (κ2) is 7.01. The van der Waals surface area contributed by atoms with E-state index in [1.807, 2.05) is 13.8 Å². The predicted molar refractivity (Wildman–Crippen MR) is 91.1 cm³/mol. The lowest BCUT2D eigenvalue weighted by atomic mass is 10.0. The molecule has 1 aromatic carbocycles. The average Bonchev–Trinajstić information content (AvgIpc) is 2.50. The van der Waals surface area contributed by atoms with Crippen LogP contribution in [0.4, 0.5) is 0 Å². The highest BCUT2D eigenvalue weighted by molar-refractivity contribution is 7.89. The first-order valence-electron chi connectivity index (χ1n) is 8.17. The van der Waals surface area contributed by atoms with E-state index in [0.717, 1.165) is 24.0 Å². The Morgan fingerprint density at radius 2 is 1.87 bits per heavy atom. The van der Waals surface area contributed by atoms with Crippen LogP contribution in [0.5, 0.6) is 0 Å². The van der Waals surface area contributed by atoms with Crippen LogP contribution >= 0.6 is 0 Å². The van der Waals surface area contributed by atoms with Crippen molar-refractivity contribution in [1.29, 1.82) is 0 Å². The number of sulfonamides is 1. The molecule has 128 valence electrons. The monoisotopic (exact) mass is 338 g/mol. The van der Waals surface area contributed by atoms with Gasteiger partial charge in [0.05, 0.1) is 4.90 Å². The molecule has 0 saturated carbocycles. The highest BCUT2D eigenvalue weighted by atomic mass is 32.2. The Kier molecular flexibility index (Phi) is 5.47. The van der Waals surface area contributed by atoms with Crippen molar-refractivity contribution >= 4 is 15.9 Å². The summed E-state index contributed by atoms with van der Waals surface area (Å²) in [6.07, 6.45) is 1.76. The molecule has 0 atom stereocenters. The van der Waals surface area contributed by atoms with Crippen LogP contribution in [0.2, 0.25) is 0 Å². The van der Waals surface area contributed by atoms with E-state index < -0.39 is 10.0 Å². The first-order valence-corrected chi connectivity index (χ1v) is 9.61. The van der Waals surface area contributed by atoms with Crippen molar-refractivity contribution < 1.29 is 13.2 Å². The minimum absolute atomic E-state index is 0.237. The van der Waals surface area contributed by atoms with Crippen LogP contribution in [0.3, 0.4) is 0 Å². The summed E-state index contributed by atoms with van der Waals surface area (Å²) in [5, 5.41) is 2.73. The molecule has 0 bridgehead atoms. The molecule has 1 amide bonds. The van der Waals surface area contributed by atoms with Crippen LogP contribution in [0.15, 0.2) is 17.0 Å². The fourth-order valence-corrected chi connectivity index (χ4v) is 4.65. The lowest BCUT2D eigenvalue weighted by molar-refractivity contribution is 0.0955. The molecule has 0 aromatic heterocycles. The number of carbonyl (C=O) groups excluding carboxylic acids is 1. The molecule has 1 heterocycles. The first kappa shape index (κ1) is 17.9. The smallest absolute Gasteiger partial charge is 0.251 e. The van der Waals surface area contributed by atoms with Crippen molar-refractivity contribution in [3.63, 3.8) is 0 Å². The third-order valence-electron chi connectivity index (χ3n) is 4.58. The molecular formula is C17H26N2O3S. The minimum atomic E-state index is -3.56. The van der Waals surface area contributed by atoms with Crippen molar-refractivity contribution in [1.82, 2.24) is 9.62 Å². The number of hydrogen-bond donors (Lipinski definition) is 1. The van der Waals surface area contributed by atoms with Crippen LogP contribution in [-0.4, -0.2) is 38.3 Å². The summed E-state index contributed by atoms with van der Waals surface area (Å²) in [4.78, 5) is 12.3. The van der Waals surface area contributed by atoms with Crippen molar-refractivity contribution in [2.45, 2.75) is 45.4 Å². The zero-order chi connectivity index (χ0) is 17.2. The highest BCUT2D eigenvalue weighted by Crippen LogP contribution is 2.27. The third-order valence-corrected chi connectivity index (χ3v) is 6.60. The lowest BCUT2D eigenvalue weighted by Gasteiger charge is -2.30. The molecule has 1 aromatic rings. The van der Waals surface area contributed by atoms with E-state index in [0.29, 0.717) is 31.1 Å². The number of hydrogen-bond acceptors (Lipinski definition) is 3.